The van der Waals surface area contributed by atoms with Gasteiger partial charge >= 0.3 is 12.3 Å². The normalized spacial score (nSPS) is 17.6. The van der Waals surface area contributed by atoms with Gasteiger partial charge in [0.1, 0.15) is 17.5 Å². The number of hydrogen-bond donors (Lipinski definition) is 0. The second-order valence-electron chi connectivity index (χ2n) is 9.10. The molecule has 1 fully saturated rings. The molecule has 0 spiro atoms. The van der Waals surface area contributed by atoms with Gasteiger partial charge in [0.05, 0.1) is 5.56 Å². The van der Waals surface area contributed by atoms with E-state index < -0.39 is 17.3 Å². The number of carbonyl (C=O) groups excluding carboxylic acids is 1. The summed E-state index contributed by atoms with van der Waals surface area (Å²) in [6.45, 7) is 6.55. The number of benzene rings is 2. The van der Waals surface area contributed by atoms with Gasteiger partial charge in [-0.2, -0.15) is 13.2 Å². The highest BCUT2D eigenvalue weighted by molar-refractivity contribution is 7.99. The maximum Gasteiger partial charge on any atom is 0.416 e. The molecule has 180 valence electrons. The molecule has 2 aromatic carbocycles. The van der Waals surface area contributed by atoms with E-state index in [4.69, 9.17) is 9.47 Å². The van der Waals surface area contributed by atoms with E-state index in [9.17, 15) is 18.0 Å². The molecule has 1 aliphatic heterocycles. The molecule has 3 rings (SSSR count). The minimum atomic E-state index is -4.39. The third-order valence-corrected chi connectivity index (χ3v) is 6.33. The quantitative estimate of drug-likeness (QED) is 0.404. The Morgan fingerprint density at radius 1 is 1.09 bits per heavy atom. The summed E-state index contributed by atoms with van der Waals surface area (Å²) in [5, 5.41) is 0. The number of likely N-dealkylation sites (tertiary alicyclic amines) is 1. The van der Waals surface area contributed by atoms with Crippen LogP contribution < -0.4 is 4.74 Å². The third kappa shape index (κ3) is 7.88. The van der Waals surface area contributed by atoms with Gasteiger partial charge in [-0.3, -0.25) is 0 Å². The van der Waals surface area contributed by atoms with Crippen molar-refractivity contribution < 1.29 is 27.4 Å². The van der Waals surface area contributed by atoms with Crippen LogP contribution in [0.5, 0.6) is 5.75 Å². The van der Waals surface area contributed by atoms with Gasteiger partial charge in [0, 0.05) is 29.7 Å². The van der Waals surface area contributed by atoms with E-state index in [0.29, 0.717) is 25.3 Å². The van der Waals surface area contributed by atoms with Crippen LogP contribution in [-0.4, -0.2) is 41.5 Å². The minimum Gasteiger partial charge on any atom is -0.490 e. The van der Waals surface area contributed by atoms with Gasteiger partial charge in [0.2, 0.25) is 0 Å². The molecule has 4 nitrogen and oxygen atoms in total. The van der Waals surface area contributed by atoms with E-state index >= 15 is 0 Å². The zero-order chi connectivity index (χ0) is 24.1. The van der Waals surface area contributed by atoms with Gasteiger partial charge in [-0.05, 0) is 70.0 Å². The molecule has 1 heterocycles. The van der Waals surface area contributed by atoms with Crippen molar-refractivity contribution in [3.63, 3.8) is 0 Å². The Balaban J connectivity index is 1.66. The summed E-state index contributed by atoms with van der Waals surface area (Å²) in [6.07, 6.45) is -3.51. The fraction of sp³-hybridized carbons (Fsp3) is 0.480. The number of carbonyl (C=O) groups is 1. The van der Waals surface area contributed by atoms with E-state index in [1.54, 1.807) is 16.7 Å². The van der Waals surface area contributed by atoms with E-state index in [1.807, 2.05) is 51.1 Å². The van der Waals surface area contributed by atoms with Crippen molar-refractivity contribution in [2.45, 2.75) is 56.4 Å². The Hall–Kier alpha value is -2.35. The molecule has 33 heavy (non-hydrogen) atoms. The van der Waals surface area contributed by atoms with Gasteiger partial charge in [-0.1, -0.05) is 18.2 Å². The van der Waals surface area contributed by atoms with Crippen LogP contribution in [0.4, 0.5) is 18.0 Å². The molecule has 8 heteroatoms. The average Bonchev–Trinajstić information content (AvgIpc) is 3.23. The highest BCUT2D eigenvalue weighted by atomic mass is 32.2. The van der Waals surface area contributed by atoms with Crippen LogP contribution in [0.2, 0.25) is 0 Å². The molecule has 2 aromatic rings. The molecule has 1 aliphatic rings. The monoisotopic (exact) mass is 481 g/mol. The van der Waals surface area contributed by atoms with Crippen LogP contribution in [-0.2, 0) is 10.9 Å². The standard InChI is InChI=1S/C25H30F3NO3S/c1-24(2,3)32-23(30)29-15-13-18(17-29)22(14-16-33-21-7-5-4-6-8-21)31-20-11-9-19(10-12-20)25(26,27)28/h4-12,18,22H,13-17H2,1-3H3/t18-,22?/m0/s1. The highest BCUT2D eigenvalue weighted by Crippen LogP contribution is 2.32. The lowest BCUT2D eigenvalue weighted by Crippen LogP contribution is -2.37. The lowest BCUT2D eigenvalue weighted by molar-refractivity contribution is -0.137. The number of alkyl halides is 3. The van der Waals surface area contributed by atoms with Crippen LogP contribution in [0.1, 0.15) is 39.2 Å². The predicted octanol–water partition coefficient (Wildman–Crippen LogP) is 6.89. The first kappa shape index (κ1) is 25.3. The van der Waals surface area contributed by atoms with Crippen LogP contribution in [0, 0.1) is 5.92 Å². The molecule has 1 saturated heterocycles. The summed E-state index contributed by atoms with van der Waals surface area (Å²) in [5.74, 6) is 1.25. The van der Waals surface area contributed by atoms with Crippen molar-refractivity contribution >= 4 is 17.9 Å². The Kier molecular flexibility index (Phi) is 8.21. The lowest BCUT2D eigenvalue weighted by Gasteiger charge is -2.27. The van der Waals surface area contributed by atoms with E-state index in [0.717, 1.165) is 29.2 Å². The number of hydrogen-bond acceptors (Lipinski definition) is 4. The van der Waals surface area contributed by atoms with Crippen molar-refractivity contribution in [2.24, 2.45) is 5.92 Å². The largest absolute Gasteiger partial charge is 0.490 e. The van der Waals surface area contributed by atoms with E-state index in [2.05, 4.69) is 0 Å². The minimum absolute atomic E-state index is 0.0659. The first-order valence-electron chi connectivity index (χ1n) is 11.0. The summed E-state index contributed by atoms with van der Waals surface area (Å²) in [7, 11) is 0. The van der Waals surface area contributed by atoms with Gasteiger partial charge in [-0.15, -0.1) is 11.8 Å². The van der Waals surface area contributed by atoms with E-state index in [1.165, 1.54) is 12.1 Å². The molecular formula is C25H30F3NO3S. The Labute approximate surface area is 197 Å². The maximum absolute atomic E-state index is 12.9. The number of ether oxygens (including phenoxy) is 2. The lowest BCUT2D eigenvalue weighted by atomic mass is 9.99. The van der Waals surface area contributed by atoms with Crippen LogP contribution in [0.3, 0.4) is 0 Å². The topological polar surface area (TPSA) is 38.8 Å². The Morgan fingerprint density at radius 3 is 2.36 bits per heavy atom. The van der Waals surface area contributed by atoms with Crippen molar-refractivity contribution in [2.75, 3.05) is 18.8 Å². The fourth-order valence-corrected chi connectivity index (χ4v) is 4.62. The Bertz CT molecular complexity index is 898. The molecule has 0 saturated carbocycles. The summed E-state index contributed by atoms with van der Waals surface area (Å²) < 4.78 is 50.4. The van der Waals surface area contributed by atoms with Gasteiger partial charge < -0.3 is 14.4 Å². The number of thioether (sulfide) groups is 1. The number of rotatable bonds is 7. The van der Waals surface area contributed by atoms with Gasteiger partial charge in [0.15, 0.2) is 0 Å². The molecular weight excluding hydrogens is 451 g/mol. The second kappa shape index (κ2) is 10.7. The average molecular weight is 482 g/mol. The Morgan fingerprint density at radius 2 is 1.76 bits per heavy atom. The van der Waals surface area contributed by atoms with Crippen molar-refractivity contribution in [3.8, 4) is 5.75 Å². The van der Waals surface area contributed by atoms with Crippen molar-refractivity contribution in [3.05, 3.63) is 60.2 Å². The van der Waals surface area contributed by atoms with Crippen LogP contribution in [0.25, 0.3) is 0 Å². The second-order valence-corrected chi connectivity index (χ2v) is 10.3. The summed E-state index contributed by atoms with van der Waals surface area (Å²) in [6, 6.07) is 14.8. The number of halogens is 3. The zero-order valence-electron chi connectivity index (χ0n) is 19.1. The maximum atomic E-state index is 12.9. The van der Waals surface area contributed by atoms with Gasteiger partial charge in [0.25, 0.3) is 0 Å². The molecule has 1 amide bonds. The number of nitrogens with zero attached hydrogens (tertiary/aromatic N) is 1. The predicted molar refractivity (Wildman–Crippen MR) is 124 cm³/mol. The SMILES string of the molecule is CC(C)(C)OC(=O)N1CC[C@H](C(CCSc2ccccc2)Oc2ccc(C(F)(F)F)cc2)C1. The molecule has 0 radical (unpaired) electrons. The van der Waals surface area contributed by atoms with Crippen LogP contribution in [0.15, 0.2) is 59.5 Å². The molecule has 0 aliphatic carbocycles. The highest BCUT2D eigenvalue weighted by Gasteiger charge is 2.35. The summed E-state index contributed by atoms with van der Waals surface area (Å²) >= 11 is 1.70. The van der Waals surface area contributed by atoms with E-state index in [-0.39, 0.29) is 18.1 Å². The number of amides is 1. The fourth-order valence-electron chi connectivity index (χ4n) is 3.68. The zero-order valence-corrected chi connectivity index (χ0v) is 19.9. The smallest absolute Gasteiger partial charge is 0.416 e. The van der Waals surface area contributed by atoms with Gasteiger partial charge in [-0.25, -0.2) is 4.79 Å². The molecule has 1 unspecified atom stereocenters. The van der Waals surface area contributed by atoms with Crippen molar-refractivity contribution in [1.82, 2.24) is 4.90 Å². The molecule has 2 atom stereocenters. The van der Waals surface area contributed by atoms with Crippen LogP contribution >= 0.6 is 11.8 Å². The first-order chi connectivity index (χ1) is 15.5. The first-order valence-corrected chi connectivity index (χ1v) is 12.0. The summed E-state index contributed by atoms with van der Waals surface area (Å²) in [4.78, 5) is 15.3. The molecule has 0 N–H and O–H groups in total. The third-order valence-electron chi connectivity index (χ3n) is 5.29. The molecule has 0 aromatic heterocycles. The van der Waals surface area contributed by atoms with Crippen molar-refractivity contribution in [1.29, 1.82) is 0 Å². The summed E-state index contributed by atoms with van der Waals surface area (Å²) in [5.41, 5.74) is -1.28. The molecule has 0 bridgehead atoms.